The number of nitrogens with zero attached hydrogens (tertiary/aromatic N) is 1. The Morgan fingerprint density at radius 3 is 2.50 bits per heavy atom. The highest BCUT2D eigenvalue weighted by molar-refractivity contribution is 5.88. The van der Waals surface area contributed by atoms with Gasteiger partial charge in [0.1, 0.15) is 5.82 Å². The van der Waals surface area contributed by atoms with Crippen molar-refractivity contribution in [2.24, 2.45) is 0 Å². The van der Waals surface area contributed by atoms with Crippen molar-refractivity contribution in [3.05, 3.63) is 66.1 Å². The Morgan fingerprint density at radius 1 is 0.944 bits per heavy atom. The van der Waals surface area contributed by atoms with Crippen molar-refractivity contribution in [3.8, 4) is 11.1 Å². The van der Waals surface area contributed by atoms with E-state index in [4.69, 9.17) is 0 Å². The van der Waals surface area contributed by atoms with Crippen LogP contribution in [-0.2, 0) is 0 Å². The largest absolute Gasteiger partial charge is 0.256 e. The van der Waals surface area contributed by atoms with E-state index >= 15 is 0 Å². The zero-order chi connectivity index (χ0) is 12.5. The lowest BCUT2D eigenvalue weighted by molar-refractivity contribution is 0.628. The summed E-state index contributed by atoms with van der Waals surface area (Å²) in [7, 11) is 0. The minimum atomic E-state index is -0.213. The SMILES string of the molecule is Cc1c(-c2ccc(F)cc2)ccc2cccnc12. The summed E-state index contributed by atoms with van der Waals surface area (Å²) in [5.74, 6) is -0.213. The molecule has 1 heterocycles. The molecule has 1 aromatic heterocycles. The lowest BCUT2D eigenvalue weighted by atomic mass is 9.98. The third-order valence-corrected chi connectivity index (χ3v) is 3.18. The molecule has 0 N–H and O–H groups in total. The first-order valence-electron chi connectivity index (χ1n) is 5.86. The van der Waals surface area contributed by atoms with Gasteiger partial charge in [-0.1, -0.05) is 30.3 Å². The molecule has 0 spiro atoms. The number of pyridine rings is 1. The second kappa shape index (κ2) is 4.22. The van der Waals surface area contributed by atoms with E-state index < -0.39 is 0 Å². The molecule has 0 fully saturated rings. The molecule has 0 amide bonds. The van der Waals surface area contributed by atoms with Crippen molar-refractivity contribution < 1.29 is 4.39 Å². The molecular formula is C16H12FN. The summed E-state index contributed by atoms with van der Waals surface area (Å²) < 4.78 is 12.9. The Morgan fingerprint density at radius 2 is 1.72 bits per heavy atom. The third-order valence-electron chi connectivity index (χ3n) is 3.18. The van der Waals surface area contributed by atoms with Crippen molar-refractivity contribution in [2.45, 2.75) is 6.92 Å². The van der Waals surface area contributed by atoms with Crippen molar-refractivity contribution in [3.63, 3.8) is 0 Å². The molecule has 0 atom stereocenters. The van der Waals surface area contributed by atoms with Gasteiger partial charge in [0.2, 0.25) is 0 Å². The van der Waals surface area contributed by atoms with E-state index in [0.29, 0.717) is 0 Å². The van der Waals surface area contributed by atoms with Gasteiger partial charge >= 0.3 is 0 Å². The van der Waals surface area contributed by atoms with Gasteiger partial charge in [-0.15, -0.1) is 0 Å². The maximum absolute atomic E-state index is 12.9. The third kappa shape index (κ3) is 1.76. The molecule has 0 aliphatic carbocycles. The normalized spacial score (nSPS) is 10.8. The number of aromatic nitrogens is 1. The van der Waals surface area contributed by atoms with E-state index in [2.05, 4.69) is 11.1 Å². The van der Waals surface area contributed by atoms with Crippen molar-refractivity contribution in [2.75, 3.05) is 0 Å². The average molecular weight is 237 g/mol. The molecule has 0 bridgehead atoms. The molecule has 3 rings (SSSR count). The van der Waals surface area contributed by atoms with Gasteiger partial charge in [0, 0.05) is 11.6 Å². The standard InChI is InChI=1S/C16H12FN/c1-11-15(12-4-7-14(17)8-5-12)9-6-13-3-2-10-18-16(11)13/h2-10H,1H3. The van der Waals surface area contributed by atoms with E-state index in [9.17, 15) is 4.39 Å². The predicted octanol–water partition coefficient (Wildman–Crippen LogP) is 4.35. The minimum Gasteiger partial charge on any atom is -0.256 e. The summed E-state index contributed by atoms with van der Waals surface area (Å²) in [6, 6.07) is 14.7. The van der Waals surface area contributed by atoms with Crippen LogP contribution in [0, 0.1) is 12.7 Å². The van der Waals surface area contributed by atoms with Crippen LogP contribution >= 0.6 is 0 Å². The van der Waals surface area contributed by atoms with Crippen LogP contribution in [0.4, 0.5) is 4.39 Å². The van der Waals surface area contributed by atoms with E-state index in [-0.39, 0.29) is 5.82 Å². The molecule has 2 heteroatoms. The second-order valence-corrected chi connectivity index (χ2v) is 4.32. The molecule has 0 saturated heterocycles. The molecule has 0 aliphatic heterocycles. The number of fused-ring (bicyclic) bond motifs is 1. The molecule has 88 valence electrons. The quantitative estimate of drug-likeness (QED) is 0.613. The molecule has 0 aliphatic rings. The Balaban J connectivity index is 2.24. The summed E-state index contributed by atoms with van der Waals surface area (Å²) in [6.45, 7) is 2.05. The van der Waals surface area contributed by atoms with Gasteiger partial charge in [-0.3, -0.25) is 4.98 Å². The van der Waals surface area contributed by atoms with E-state index in [1.165, 1.54) is 12.1 Å². The molecule has 1 nitrogen and oxygen atoms in total. The van der Waals surface area contributed by atoms with E-state index in [0.717, 1.165) is 27.6 Å². The smallest absolute Gasteiger partial charge is 0.123 e. The fourth-order valence-corrected chi connectivity index (χ4v) is 2.23. The fourth-order valence-electron chi connectivity index (χ4n) is 2.23. The van der Waals surface area contributed by atoms with Crippen LogP contribution < -0.4 is 0 Å². The summed E-state index contributed by atoms with van der Waals surface area (Å²) in [5, 5.41) is 1.13. The number of hydrogen-bond acceptors (Lipinski definition) is 1. The lowest BCUT2D eigenvalue weighted by Gasteiger charge is -2.08. The van der Waals surface area contributed by atoms with Crippen molar-refractivity contribution in [1.82, 2.24) is 4.98 Å². The van der Waals surface area contributed by atoms with Crippen LogP contribution in [0.3, 0.4) is 0 Å². The highest BCUT2D eigenvalue weighted by Crippen LogP contribution is 2.28. The molecule has 2 aromatic carbocycles. The average Bonchev–Trinajstić information content (AvgIpc) is 2.41. The molecular weight excluding hydrogens is 225 g/mol. The topological polar surface area (TPSA) is 12.9 Å². The minimum absolute atomic E-state index is 0.213. The van der Waals surface area contributed by atoms with Crippen molar-refractivity contribution >= 4 is 10.9 Å². The maximum Gasteiger partial charge on any atom is 0.123 e. The van der Waals surface area contributed by atoms with Gasteiger partial charge < -0.3 is 0 Å². The maximum atomic E-state index is 12.9. The first-order chi connectivity index (χ1) is 8.75. The van der Waals surface area contributed by atoms with Gasteiger partial charge in [-0.05, 0) is 41.8 Å². The highest BCUT2D eigenvalue weighted by Gasteiger charge is 2.06. The van der Waals surface area contributed by atoms with Crippen LogP contribution in [-0.4, -0.2) is 4.98 Å². The van der Waals surface area contributed by atoms with E-state index in [1.54, 1.807) is 18.3 Å². The van der Waals surface area contributed by atoms with Crippen LogP contribution in [0.15, 0.2) is 54.7 Å². The van der Waals surface area contributed by atoms with Crippen molar-refractivity contribution in [1.29, 1.82) is 0 Å². The van der Waals surface area contributed by atoms with Gasteiger partial charge in [-0.25, -0.2) is 4.39 Å². The monoisotopic (exact) mass is 237 g/mol. The number of benzene rings is 2. The van der Waals surface area contributed by atoms with Crippen LogP contribution in [0.2, 0.25) is 0 Å². The Kier molecular flexibility index (Phi) is 2.56. The first kappa shape index (κ1) is 10.9. The summed E-state index contributed by atoms with van der Waals surface area (Å²) >= 11 is 0. The zero-order valence-corrected chi connectivity index (χ0v) is 10.0. The predicted molar refractivity (Wildman–Crippen MR) is 71.9 cm³/mol. The fraction of sp³-hybridized carbons (Fsp3) is 0.0625. The summed E-state index contributed by atoms with van der Waals surface area (Å²) in [5.41, 5.74) is 4.24. The molecule has 0 saturated carbocycles. The van der Waals surface area contributed by atoms with Gasteiger partial charge in [0.25, 0.3) is 0 Å². The van der Waals surface area contributed by atoms with E-state index in [1.807, 2.05) is 25.1 Å². The van der Waals surface area contributed by atoms with Gasteiger partial charge in [0.15, 0.2) is 0 Å². The molecule has 0 radical (unpaired) electrons. The van der Waals surface area contributed by atoms with Crippen LogP contribution in [0.5, 0.6) is 0 Å². The second-order valence-electron chi connectivity index (χ2n) is 4.32. The number of rotatable bonds is 1. The lowest BCUT2D eigenvalue weighted by Crippen LogP contribution is -1.88. The number of hydrogen-bond donors (Lipinski definition) is 0. The first-order valence-corrected chi connectivity index (χ1v) is 5.86. The molecule has 18 heavy (non-hydrogen) atoms. The Hall–Kier alpha value is -2.22. The molecule has 3 aromatic rings. The van der Waals surface area contributed by atoms with Gasteiger partial charge in [-0.2, -0.15) is 0 Å². The molecule has 0 unspecified atom stereocenters. The Labute approximate surface area is 105 Å². The van der Waals surface area contributed by atoms with Gasteiger partial charge in [0.05, 0.1) is 5.52 Å². The highest BCUT2D eigenvalue weighted by atomic mass is 19.1. The zero-order valence-electron chi connectivity index (χ0n) is 10.0. The number of halogens is 1. The number of aryl methyl sites for hydroxylation is 1. The summed E-state index contributed by atoms with van der Waals surface area (Å²) in [4.78, 5) is 4.41. The van der Waals surface area contributed by atoms with Crippen LogP contribution in [0.25, 0.3) is 22.0 Å². The summed E-state index contributed by atoms with van der Waals surface area (Å²) in [6.07, 6.45) is 1.80. The Bertz CT molecular complexity index is 702. The van der Waals surface area contributed by atoms with Crippen LogP contribution in [0.1, 0.15) is 5.56 Å².